The van der Waals surface area contributed by atoms with Crippen molar-refractivity contribution in [3.63, 3.8) is 0 Å². The molecule has 0 aromatic heterocycles. The van der Waals surface area contributed by atoms with Crippen molar-refractivity contribution >= 4 is 11.9 Å². The third kappa shape index (κ3) is 2.70. The van der Waals surface area contributed by atoms with E-state index in [-0.39, 0.29) is 5.91 Å². The van der Waals surface area contributed by atoms with E-state index in [2.05, 4.69) is 0 Å². The third-order valence-electron chi connectivity index (χ3n) is 2.69. The van der Waals surface area contributed by atoms with Crippen LogP contribution in [-0.4, -0.2) is 34.5 Å². The first-order valence-electron chi connectivity index (χ1n) is 5.38. The lowest BCUT2D eigenvalue weighted by Crippen LogP contribution is -2.51. The van der Waals surface area contributed by atoms with E-state index in [0.717, 1.165) is 12.8 Å². The summed E-state index contributed by atoms with van der Waals surface area (Å²) in [6.45, 7) is 6.04. The molecular weight excluding hydrogens is 194 g/mol. The van der Waals surface area contributed by atoms with E-state index in [1.54, 1.807) is 0 Å². The number of aliphatic carboxylic acids is 1. The molecule has 0 saturated carbocycles. The molecule has 86 valence electrons. The van der Waals surface area contributed by atoms with E-state index in [1.165, 1.54) is 4.90 Å². The molecule has 0 aromatic carbocycles. The number of nitrogens with zero attached hydrogens (tertiary/aromatic N) is 1. The van der Waals surface area contributed by atoms with Gasteiger partial charge in [-0.25, -0.2) is 4.79 Å². The van der Waals surface area contributed by atoms with Crippen molar-refractivity contribution in [1.29, 1.82) is 0 Å². The minimum Gasteiger partial charge on any atom is -0.480 e. The molecule has 1 N–H and O–H groups in total. The van der Waals surface area contributed by atoms with Gasteiger partial charge >= 0.3 is 5.97 Å². The normalized spacial score (nSPS) is 22.6. The van der Waals surface area contributed by atoms with Crippen molar-refractivity contribution in [1.82, 2.24) is 4.90 Å². The molecule has 1 aliphatic rings. The van der Waals surface area contributed by atoms with Gasteiger partial charge in [0.25, 0.3) is 0 Å². The van der Waals surface area contributed by atoms with Gasteiger partial charge in [-0.15, -0.1) is 0 Å². The molecule has 1 saturated heterocycles. The molecule has 1 amide bonds. The van der Waals surface area contributed by atoms with E-state index >= 15 is 0 Å². The molecule has 15 heavy (non-hydrogen) atoms. The van der Waals surface area contributed by atoms with Gasteiger partial charge in [0.1, 0.15) is 6.04 Å². The Bertz CT molecular complexity index is 267. The zero-order valence-corrected chi connectivity index (χ0v) is 9.62. The summed E-state index contributed by atoms with van der Waals surface area (Å²) in [5.41, 5.74) is -0.495. The molecule has 0 aromatic rings. The quantitative estimate of drug-likeness (QED) is 0.718. The molecule has 0 aliphatic carbocycles. The zero-order valence-electron chi connectivity index (χ0n) is 9.62. The van der Waals surface area contributed by atoms with Gasteiger partial charge in [-0.3, -0.25) is 4.79 Å². The van der Waals surface area contributed by atoms with Crippen LogP contribution in [-0.2, 0) is 9.59 Å². The Morgan fingerprint density at radius 2 is 1.87 bits per heavy atom. The SMILES string of the molecule is CC(C)(C)C(=O)N1CCCCC1C(=O)O. The summed E-state index contributed by atoms with van der Waals surface area (Å²) >= 11 is 0. The molecule has 1 heterocycles. The summed E-state index contributed by atoms with van der Waals surface area (Å²) in [4.78, 5) is 24.5. The van der Waals surface area contributed by atoms with Crippen molar-refractivity contribution in [2.75, 3.05) is 6.54 Å². The number of carboxylic acids is 1. The van der Waals surface area contributed by atoms with Gasteiger partial charge in [-0.1, -0.05) is 20.8 Å². The van der Waals surface area contributed by atoms with Crippen LogP contribution in [0.5, 0.6) is 0 Å². The van der Waals surface area contributed by atoms with Crippen LogP contribution in [0.4, 0.5) is 0 Å². The largest absolute Gasteiger partial charge is 0.480 e. The second-order valence-electron chi connectivity index (χ2n) is 5.10. The van der Waals surface area contributed by atoms with Crippen LogP contribution < -0.4 is 0 Å². The van der Waals surface area contributed by atoms with Crippen LogP contribution in [0.15, 0.2) is 0 Å². The second kappa shape index (κ2) is 4.21. The molecule has 0 spiro atoms. The van der Waals surface area contributed by atoms with Gasteiger partial charge in [0.05, 0.1) is 0 Å². The predicted molar refractivity (Wildman–Crippen MR) is 56.4 cm³/mol. The predicted octanol–water partition coefficient (Wildman–Crippen LogP) is 1.50. The van der Waals surface area contributed by atoms with Crippen LogP contribution in [0.25, 0.3) is 0 Å². The number of likely N-dealkylation sites (tertiary alicyclic amines) is 1. The summed E-state index contributed by atoms with van der Waals surface area (Å²) in [7, 11) is 0. The van der Waals surface area contributed by atoms with Crippen LogP contribution in [0.3, 0.4) is 0 Å². The van der Waals surface area contributed by atoms with E-state index in [9.17, 15) is 9.59 Å². The highest BCUT2D eigenvalue weighted by Gasteiger charge is 2.36. The van der Waals surface area contributed by atoms with Crippen molar-refractivity contribution in [3.05, 3.63) is 0 Å². The molecule has 4 heteroatoms. The van der Waals surface area contributed by atoms with Gasteiger partial charge in [0.2, 0.25) is 5.91 Å². The third-order valence-corrected chi connectivity index (χ3v) is 2.69. The summed E-state index contributed by atoms with van der Waals surface area (Å²) in [6.07, 6.45) is 2.38. The first kappa shape index (κ1) is 12.0. The number of carbonyl (C=O) groups is 2. The molecular formula is C11H19NO3. The molecule has 1 atom stereocenters. The Kier molecular flexibility index (Phi) is 3.37. The number of hydrogen-bond donors (Lipinski definition) is 1. The van der Waals surface area contributed by atoms with Gasteiger partial charge in [0, 0.05) is 12.0 Å². The minimum absolute atomic E-state index is 0.0606. The maximum absolute atomic E-state index is 12.0. The lowest BCUT2D eigenvalue weighted by atomic mass is 9.91. The van der Waals surface area contributed by atoms with Crippen molar-refractivity contribution in [2.24, 2.45) is 5.41 Å². The molecule has 0 bridgehead atoms. The van der Waals surface area contributed by atoms with Crippen LogP contribution in [0.1, 0.15) is 40.0 Å². The smallest absolute Gasteiger partial charge is 0.326 e. The number of amides is 1. The monoisotopic (exact) mass is 213 g/mol. The van der Waals surface area contributed by atoms with Crippen LogP contribution >= 0.6 is 0 Å². The molecule has 0 radical (unpaired) electrons. The van der Waals surface area contributed by atoms with Crippen LogP contribution in [0, 0.1) is 5.41 Å². The first-order chi connectivity index (χ1) is 6.84. The lowest BCUT2D eigenvalue weighted by molar-refractivity contribution is -0.155. The summed E-state index contributed by atoms with van der Waals surface area (Å²) in [5.74, 6) is -0.943. The van der Waals surface area contributed by atoms with Gasteiger partial charge in [-0.2, -0.15) is 0 Å². The fourth-order valence-corrected chi connectivity index (χ4v) is 1.86. The molecule has 1 rings (SSSR count). The van der Waals surface area contributed by atoms with Crippen molar-refractivity contribution in [2.45, 2.75) is 46.1 Å². The number of rotatable bonds is 1. The molecule has 4 nitrogen and oxygen atoms in total. The summed E-state index contributed by atoms with van der Waals surface area (Å²) < 4.78 is 0. The van der Waals surface area contributed by atoms with E-state index in [4.69, 9.17) is 5.11 Å². The highest BCUT2D eigenvalue weighted by atomic mass is 16.4. The number of hydrogen-bond acceptors (Lipinski definition) is 2. The van der Waals surface area contributed by atoms with E-state index in [1.807, 2.05) is 20.8 Å². The van der Waals surface area contributed by atoms with Crippen molar-refractivity contribution in [3.8, 4) is 0 Å². The second-order valence-corrected chi connectivity index (χ2v) is 5.10. The maximum atomic E-state index is 12.0. The fraction of sp³-hybridized carbons (Fsp3) is 0.818. The van der Waals surface area contributed by atoms with Gasteiger partial charge in [-0.05, 0) is 19.3 Å². The fourth-order valence-electron chi connectivity index (χ4n) is 1.86. The lowest BCUT2D eigenvalue weighted by Gasteiger charge is -2.36. The topological polar surface area (TPSA) is 57.6 Å². The number of piperidine rings is 1. The zero-order chi connectivity index (χ0) is 11.6. The first-order valence-corrected chi connectivity index (χ1v) is 5.38. The summed E-state index contributed by atoms with van der Waals surface area (Å²) in [6, 6.07) is -0.620. The Labute approximate surface area is 90.3 Å². The van der Waals surface area contributed by atoms with E-state index in [0.29, 0.717) is 13.0 Å². The maximum Gasteiger partial charge on any atom is 0.326 e. The Hall–Kier alpha value is -1.06. The summed E-state index contributed by atoms with van der Waals surface area (Å²) in [5, 5.41) is 9.03. The van der Waals surface area contributed by atoms with E-state index < -0.39 is 17.4 Å². The Morgan fingerprint density at radius 1 is 1.27 bits per heavy atom. The highest BCUT2D eigenvalue weighted by Crippen LogP contribution is 2.24. The number of carboxylic acid groups (broad SMARTS) is 1. The Morgan fingerprint density at radius 3 is 2.33 bits per heavy atom. The van der Waals surface area contributed by atoms with Crippen LogP contribution in [0.2, 0.25) is 0 Å². The highest BCUT2D eigenvalue weighted by molar-refractivity contribution is 5.87. The van der Waals surface area contributed by atoms with Gasteiger partial charge < -0.3 is 10.0 Å². The minimum atomic E-state index is -0.882. The van der Waals surface area contributed by atoms with Gasteiger partial charge in [0.15, 0.2) is 0 Å². The average Bonchev–Trinajstić information content (AvgIpc) is 2.15. The molecule has 1 fully saturated rings. The standard InChI is InChI=1S/C11H19NO3/c1-11(2,3)10(15)12-7-5-4-6-8(12)9(13)14/h8H,4-7H2,1-3H3,(H,13,14). The molecule has 1 unspecified atom stereocenters. The number of carbonyl (C=O) groups excluding carboxylic acids is 1. The average molecular weight is 213 g/mol. The molecule has 1 aliphatic heterocycles. The van der Waals surface area contributed by atoms with Crippen molar-refractivity contribution < 1.29 is 14.7 Å². The Balaban J connectivity index is 2.81.